The van der Waals surface area contributed by atoms with E-state index in [0.29, 0.717) is 18.3 Å². The van der Waals surface area contributed by atoms with Crippen molar-refractivity contribution < 1.29 is 14.4 Å². The van der Waals surface area contributed by atoms with Gasteiger partial charge in [0.1, 0.15) is 0 Å². The number of rotatable bonds is 6. The lowest BCUT2D eigenvalue weighted by Crippen LogP contribution is -2.31. The van der Waals surface area contributed by atoms with Crippen LogP contribution in [0, 0.1) is 6.92 Å². The van der Waals surface area contributed by atoms with Gasteiger partial charge in [0.15, 0.2) is 0 Å². The van der Waals surface area contributed by atoms with Crippen molar-refractivity contribution in [3.05, 3.63) is 29.8 Å². The van der Waals surface area contributed by atoms with Crippen LogP contribution in [-0.2, 0) is 4.79 Å². The fourth-order valence-corrected chi connectivity index (χ4v) is 1.87. The Balaban J connectivity index is 2.06. The van der Waals surface area contributed by atoms with Crippen LogP contribution in [0.15, 0.2) is 28.8 Å². The van der Waals surface area contributed by atoms with Crippen molar-refractivity contribution in [2.24, 2.45) is 0 Å². The van der Waals surface area contributed by atoms with Crippen LogP contribution in [0.2, 0.25) is 0 Å². The van der Waals surface area contributed by atoms with E-state index >= 15 is 0 Å². The quantitative estimate of drug-likeness (QED) is 0.849. The molecule has 0 unspecified atom stereocenters. The number of nitrogens with one attached hydrogen (secondary N) is 1. The van der Waals surface area contributed by atoms with E-state index in [4.69, 9.17) is 9.63 Å². The molecule has 1 aromatic carbocycles. The van der Waals surface area contributed by atoms with E-state index in [1.165, 1.54) is 0 Å². The molecule has 6 heteroatoms. The second kappa shape index (κ2) is 5.95. The summed E-state index contributed by atoms with van der Waals surface area (Å²) in [5.74, 6) is -0.317. The van der Waals surface area contributed by atoms with Crippen molar-refractivity contribution in [1.82, 2.24) is 10.1 Å². The fourth-order valence-electron chi connectivity index (χ4n) is 1.87. The van der Waals surface area contributed by atoms with Gasteiger partial charge in [0, 0.05) is 17.5 Å². The number of anilines is 1. The van der Waals surface area contributed by atoms with Gasteiger partial charge in [0.25, 0.3) is 0 Å². The van der Waals surface area contributed by atoms with Crippen molar-refractivity contribution in [2.45, 2.75) is 39.2 Å². The van der Waals surface area contributed by atoms with Gasteiger partial charge in [-0.25, -0.2) is 0 Å². The molecule has 0 aliphatic rings. The topological polar surface area (TPSA) is 88.2 Å². The summed E-state index contributed by atoms with van der Waals surface area (Å²) in [5.41, 5.74) is 1.60. The first-order chi connectivity index (χ1) is 9.85. The van der Waals surface area contributed by atoms with E-state index in [1.54, 1.807) is 0 Å². The molecule has 0 atom stereocenters. The van der Waals surface area contributed by atoms with Gasteiger partial charge in [-0.1, -0.05) is 35.0 Å². The van der Waals surface area contributed by atoms with Crippen molar-refractivity contribution in [2.75, 3.05) is 5.32 Å². The van der Waals surface area contributed by atoms with E-state index in [1.807, 2.05) is 45.0 Å². The summed E-state index contributed by atoms with van der Waals surface area (Å²) in [6.45, 7) is 5.80. The number of carbonyl (C=O) groups is 1. The average Bonchev–Trinajstić information content (AvgIpc) is 2.85. The molecule has 0 saturated carbocycles. The van der Waals surface area contributed by atoms with Gasteiger partial charge in [-0.05, 0) is 27.2 Å². The second-order valence-corrected chi connectivity index (χ2v) is 5.69. The highest BCUT2D eigenvalue weighted by Crippen LogP contribution is 2.22. The average molecular weight is 289 g/mol. The first-order valence-electron chi connectivity index (χ1n) is 6.76. The molecule has 1 aromatic heterocycles. The minimum atomic E-state index is -0.823. The number of hydrogen-bond donors (Lipinski definition) is 2. The van der Waals surface area contributed by atoms with Crippen LogP contribution >= 0.6 is 0 Å². The molecule has 1 heterocycles. The third-order valence-electron chi connectivity index (χ3n) is 3.14. The molecule has 0 aliphatic heterocycles. The molecule has 0 spiro atoms. The standard InChI is InChI=1S/C15H19N3O3/c1-10-4-6-11(7-5-10)13-16-14(21-18-13)17-15(2,3)9-8-12(19)20/h4-7H,8-9H2,1-3H3,(H,19,20)(H,16,17,18). The Hall–Kier alpha value is -2.37. The Morgan fingerprint density at radius 2 is 2.00 bits per heavy atom. The molecule has 0 radical (unpaired) electrons. The van der Waals surface area contributed by atoms with E-state index in [-0.39, 0.29) is 6.42 Å². The monoisotopic (exact) mass is 289 g/mol. The lowest BCUT2D eigenvalue weighted by Gasteiger charge is -2.23. The van der Waals surface area contributed by atoms with Crippen LogP contribution in [0.4, 0.5) is 6.01 Å². The molecule has 0 amide bonds. The molecular formula is C15H19N3O3. The lowest BCUT2D eigenvalue weighted by molar-refractivity contribution is -0.137. The van der Waals surface area contributed by atoms with Crippen molar-refractivity contribution in [3.63, 3.8) is 0 Å². The van der Waals surface area contributed by atoms with Crippen LogP contribution in [0.1, 0.15) is 32.3 Å². The molecule has 112 valence electrons. The fraction of sp³-hybridized carbons (Fsp3) is 0.400. The Labute approximate surface area is 123 Å². The van der Waals surface area contributed by atoms with Gasteiger partial charge >= 0.3 is 12.0 Å². The van der Waals surface area contributed by atoms with Gasteiger partial charge in [-0.15, -0.1) is 0 Å². The highest BCUT2D eigenvalue weighted by Gasteiger charge is 2.22. The second-order valence-electron chi connectivity index (χ2n) is 5.69. The zero-order valence-corrected chi connectivity index (χ0v) is 12.4. The molecule has 2 rings (SSSR count). The molecule has 0 bridgehead atoms. The summed E-state index contributed by atoms with van der Waals surface area (Å²) in [6, 6.07) is 8.12. The summed E-state index contributed by atoms with van der Waals surface area (Å²) in [4.78, 5) is 14.9. The van der Waals surface area contributed by atoms with Gasteiger partial charge in [0.05, 0.1) is 0 Å². The van der Waals surface area contributed by atoms with E-state index in [2.05, 4.69) is 15.5 Å². The highest BCUT2D eigenvalue weighted by molar-refractivity contribution is 5.66. The van der Waals surface area contributed by atoms with Crippen LogP contribution in [-0.4, -0.2) is 26.8 Å². The van der Waals surface area contributed by atoms with E-state index in [9.17, 15) is 4.79 Å². The minimum Gasteiger partial charge on any atom is -0.481 e. The number of benzene rings is 1. The Morgan fingerprint density at radius 3 is 2.62 bits per heavy atom. The number of aromatic nitrogens is 2. The number of nitrogens with zero attached hydrogens (tertiary/aromatic N) is 2. The van der Waals surface area contributed by atoms with Gasteiger partial charge in [-0.3, -0.25) is 4.79 Å². The summed E-state index contributed by atoms with van der Waals surface area (Å²) in [5, 5.41) is 15.7. The predicted octanol–water partition coefficient (Wildman–Crippen LogP) is 3.10. The SMILES string of the molecule is Cc1ccc(-c2noc(NC(C)(C)CCC(=O)O)n2)cc1. The molecule has 6 nitrogen and oxygen atoms in total. The summed E-state index contributed by atoms with van der Waals surface area (Å²) < 4.78 is 5.17. The van der Waals surface area contributed by atoms with E-state index in [0.717, 1.165) is 11.1 Å². The maximum atomic E-state index is 10.6. The number of carboxylic acids is 1. The smallest absolute Gasteiger partial charge is 0.322 e. The summed E-state index contributed by atoms with van der Waals surface area (Å²) in [7, 11) is 0. The maximum Gasteiger partial charge on any atom is 0.322 e. The number of hydrogen-bond acceptors (Lipinski definition) is 5. The van der Waals surface area contributed by atoms with Crippen LogP contribution < -0.4 is 5.32 Å². The van der Waals surface area contributed by atoms with E-state index < -0.39 is 11.5 Å². The lowest BCUT2D eigenvalue weighted by atomic mass is 9.99. The zero-order chi connectivity index (χ0) is 15.5. The minimum absolute atomic E-state index is 0.0823. The largest absolute Gasteiger partial charge is 0.481 e. The van der Waals surface area contributed by atoms with Crippen LogP contribution in [0.5, 0.6) is 0 Å². The summed E-state index contributed by atoms with van der Waals surface area (Å²) >= 11 is 0. The van der Waals surface area contributed by atoms with Crippen LogP contribution in [0.25, 0.3) is 11.4 Å². The molecule has 2 aromatic rings. The Bertz CT molecular complexity index is 617. The first-order valence-corrected chi connectivity index (χ1v) is 6.76. The molecule has 0 saturated heterocycles. The number of aliphatic carboxylic acids is 1. The molecule has 0 fully saturated rings. The molecule has 21 heavy (non-hydrogen) atoms. The van der Waals surface area contributed by atoms with Gasteiger partial charge in [-0.2, -0.15) is 4.98 Å². The normalized spacial score (nSPS) is 11.4. The maximum absolute atomic E-state index is 10.6. The van der Waals surface area contributed by atoms with Gasteiger partial charge in [0.2, 0.25) is 5.82 Å². The third-order valence-corrected chi connectivity index (χ3v) is 3.14. The third kappa shape index (κ3) is 4.30. The number of carboxylic acid groups (broad SMARTS) is 1. The van der Waals surface area contributed by atoms with Crippen molar-refractivity contribution in [1.29, 1.82) is 0 Å². The highest BCUT2D eigenvalue weighted by atomic mass is 16.5. The zero-order valence-electron chi connectivity index (χ0n) is 12.4. The first kappa shape index (κ1) is 15.0. The summed E-state index contributed by atoms with van der Waals surface area (Å²) in [6.07, 6.45) is 0.545. The predicted molar refractivity (Wildman–Crippen MR) is 79.0 cm³/mol. The molecule has 2 N–H and O–H groups in total. The van der Waals surface area contributed by atoms with Crippen LogP contribution in [0.3, 0.4) is 0 Å². The Morgan fingerprint density at radius 1 is 1.33 bits per heavy atom. The van der Waals surface area contributed by atoms with Gasteiger partial charge < -0.3 is 14.9 Å². The van der Waals surface area contributed by atoms with Crippen molar-refractivity contribution >= 4 is 12.0 Å². The Kier molecular flexibility index (Phi) is 4.26. The van der Waals surface area contributed by atoms with Crippen molar-refractivity contribution in [3.8, 4) is 11.4 Å². The molecular weight excluding hydrogens is 270 g/mol. The molecule has 0 aliphatic carbocycles. The number of aryl methyl sites for hydroxylation is 1.